The average Bonchev–Trinajstić information content (AvgIpc) is 2.90. The molecule has 25 heavy (non-hydrogen) atoms. The predicted molar refractivity (Wildman–Crippen MR) is 107 cm³/mol. The van der Waals surface area contributed by atoms with Crippen LogP contribution in [0.3, 0.4) is 0 Å². The molecule has 0 spiro atoms. The zero-order valence-corrected chi connectivity index (χ0v) is 16.5. The summed E-state index contributed by atoms with van der Waals surface area (Å²) in [7, 11) is 0. The van der Waals surface area contributed by atoms with Gasteiger partial charge in [-0.3, -0.25) is 0 Å². The van der Waals surface area contributed by atoms with E-state index in [0.29, 0.717) is 6.54 Å². The van der Waals surface area contributed by atoms with E-state index < -0.39 is 13.9 Å². The molecular weight excluding hydrogens is 381 g/mol. The van der Waals surface area contributed by atoms with Gasteiger partial charge in [0.15, 0.2) is 0 Å². The third-order valence-corrected chi connectivity index (χ3v) is 8.40. The van der Waals surface area contributed by atoms with Crippen LogP contribution in [-0.2, 0) is 0 Å². The van der Waals surface area contributed by atoms with Crippen LogP contribution >= 0.6 is 0 Å². The summed E-state index contributed by atoms with van der Waals surface area (Å²) in [5.74, 6) is 2.25. The molecule has 0 fully saturated rings. The van der Waals surface area contributed by atoms with Crippen molar-refractivity contribution >= 4 is 39.8 Å². The molecule has 6 heteroatoms. The van der Waals surface area contributed by atoms with E-state index in [1.165, 1.54) is 8.93 Å². The van der Waals surface area contributed by atoms with Crippen molar-refractivity contribution in [1.29, 1.82) is 0 Å². The number of nitrogens with two attached hydrogens (primary N) is 2. The molecule has 133 valence electrons. The molecule has 5 nitrogen and oxygen atoms in total. The summed E-state index contributed by atoms with van der Waals surface area (Å²) in [4.78, 5) is 10.8. The second-order valence-electron chi connectivity index (χ2n) is 5.42. The average molecular weight is 405 g/mol. The second kappa shape index (κ2) is 8.30. The molecule has 0 amide bonds. The van der Waals surface area contributed by atoms with E-state index in [9.17, 15) is 10.1 Å². The van der Waals surface area contributed by atoms with Crippen LogP contribution in [0.15, 0.2) is 42.5 Å². The zero-order valence-electron chi connectivity index (χ0n) is 14.8. The van der Waals surface area contributed by atoms with Crippen molar-refractivity contribution in [1.82, 2.24) is 0 Å². The predicted octanol–water partition coefficient (Wildman–Crippen LogP) is 3.35. The van der Waals surface area contributed by atoms with Crippen molar-refractivity contribution in [2.45, 2.75) is 26.1 Å². The second-order valence-corrected chi connectivity index (χ2v) is 9.34. The number of nitrogens with zero attached hydrogens (tertiary/aromatic N) is 1. The van der Waals surface area contributed by atoms with Crippen molar-refractivity contribution in [3.8, 4) is 0 Å². The fourth-order valence-corrected chi connectivity index (χ4v) is 7.28. The van der Waals surface area contributed by atoms with E-state index in [-0.39, 0.29) is 10.6 Å². The Morgan fingerprint density at radius 2 is 1.76 bits per heavy atom. The van der Waals surface area contributed by atoms with E-state index >= 15 is 0 Å². The van der Waals surface area contributed by atoms with E-state index in [4.69, 9.17) is 11.5 Å². The van der Waals surface area contributed by atoms with Gasteiger partial charge in [0.25, 0.3) is 0 Å². The number of nitro benzene ring substituents is 1. The number of hydrogen-bond acceptors (Lipinski definition) is 4. The minimum absolute atomic E-state index is 0.135. The van der Waals surface area contributed by atoms with Gasteiger partial charge < -0.3 is 0 Å². The molecule has 1 aliphatic heterocycles. The summed E-state index contributed by atoms with van der Waals surface area (Å²) in [6.45, 7) is 4.52. The summed E-state index contributed by atoms with van der Waals surface area (Å²) in [6, 6.07) is 13.1. The van der Waals surface area contributed by atoms with Gasteiger partial charge in [0.05, 0.1) is 0 Å². The molecule has 2 aromatic rings. The number of fused-ring (bicyclic) bond motifs is 1. The monoisotopic (exact) mass is 406 g/mol. The first-order valence-electron chi connectivity index (χ1n) is 8.27. The van der Waals surface area contributed by atoms with Crippen molar-refractivity contribution in [3.63, 3.8) is 0 Å². The number of rotatable bonds is 4. The molecule has 0 aliphatic carbocycles. The fraction of sp³-hybridized carbons (Fsp3) is 0.263. The normalized spacial score (nSPS) is 13.3. The first-order valence-corrected chi connectivity index (χ1v) is 11.7. The Balaban J connectivity index is 0.00000109. The van der Waals surface area contributed by atoms with Gasteiger partial charge in [-0.1, -0.05) is 13.8 Å². The van der Waals surface area contributed by atoms with Crippen LogP contribution in [-0.4, -0.2) is 25.4 Å². The first kappa shape index (κ1) is 19.2. The third kappa shape index (κ3) is 3.76. The van der Waals surface area contributed by atoms with Gasteiger partial charge in [-0.2, -0.15) is 0 Å². The molecule has 1 radical (unpaired) electrons. The summed E-state index contributed by atoms with van der Waals surface area (Å²) < 4.78 is 2.55. The van der Waals surface area contributed by atoms with E-state index in [1.54, 1.807) is 12.1 Å². The van der Waals surface area contributed by atoms with Crippen molar-refractivity contribution in [2.75, 3.05) is 12.3 Å². The molecule has 2 aromatic carbocycles. The summed E-state index contributed by atoms with van der Waals surface area (Å²) in [5.41, 5.74) is 15.8. The molecule has 0 saturated carbocycles. The molecule has 0 atom stereocenters. The molecular formula is C19H24N3O2Se. The number of hydrogen-bond donors (Lipinski definition) is 2. The van der Waals surface area contributed by atoms with Crippen LogP contribution in [0, 0.1) is 10.1 Å². The minimum atomic E-state index is -1.23. The molecule has 0 saturated heterocycles. The molecule has 3 rings (SSSR count). The van der Waals surface area contributed by atoms with Crippen LogP contribution in [0.2, 0.25) is 5.82 Å². The SMILES string of the molecule is CC.C[Se]1C(c2ccc(N)cc2)=C(CCN)c2cc([N+](=O)[O-])ccc21. The van der Waals surface area contributed by atoms with Crippen LogP contribution in [0.5, 0.6) is 0 Å². The Hall–Kier alpha value is -2.14. The van der Waals surface area contributed by atoms with Crippen molar-refractivity contribution in [3.05, 3.63) is 63.7 Å². The molecule has 0 bridgehead atoms. The van der Waals surface area contributed by atoms with Gasteiger partial charge in [0.1, 0.15) is 0 Å². The Labute approximate surface area is 152 Å². The number of benzene rings is 2. The van der Waals surface area contributed by atoms with E-state index in [2.05, 4.69) is 5.82 Å². The number of nitro groups is 1. The number of anilines is 1. The Kier molecular flexibility index (Phi) is 6.37. The fourth-order valence-electron chi connectivity index (χ4n) is 2.93. The molecule has 0 unspecified atom stereocenters. The molecule has 4 N–H and O–H groups in total. The van der Waals surface area contributed by atoms with Crippen LogP contribution in [0.1, 0.15) is 31.4 Å². The molecule has 1 heterocycles. The Morgan fingerprint density at radius 1 is 1.12 bits per heavy atom. The zero-order chi connectivity index (χ0) is 18.6. The van der Waals surface area contributed by atoms with Crippen LogP contribution in [0.25, 0.3) is 10.0 Å². The van der Waals surface area contributed by atoms with Gasteiger partial charge in [0, 0.05) is 0 Å². The number of nitrogen functional groups attached to an aromatic ring is 1. The van der Waals surface area contributed by atoms with Gasteiger partial charge in [-0.15, -0.1) is 0 Å². The quantitative estimate of drug-likeness (QED) is 0.353. The van der Waals surface area contributed by atoms with Crippen LogP contribution in [0.4, 0.5) is 11.4 Å². The summed E-state index contributed by atoms with van der Waals surface area (Å²) in [6.07, 6.45) is 0.724. The maximum atomic E-state index is 11.1. The van der Waals surface area contributed by atoms with E-state index in [0.717, 1.165) is 28.8 Å². The van der Waals surface area contributed by atoms with Gasteiger partial charge in [-0.05, 0) is 0 Å². The molecule has 0 aromatic heterocycles. The van der Waals surface area contributed by atoms with Gasteiger partial charge in [0.2, 0.25) is 0 Å². The van der Waals surface area contributed by atoms with Crippen LogP contribution < -0.4 is 15.9 Å². The van der Waals surface area contributed by atoms with Crippen molar-refractivity contribution < 1.29 is 4.92 Å². The molecule has 1 aliphatic rings. The van der Waals surface area contributed by atoms with E-state index in [1.807, 2.05) is 44.2 Å². The third-order valence-electron chi connectivity index (χ3n) is 3.98. The number of non-ortho nitro benzene ring substituents is 1. The van der Waals surface area contributed by atoms with Gasteiger partial charge >= 0.3 is 139 Å². The standard InChI is InChI=1S/C17H18N3O2Se.C2H6/c1-23-16-7-6-13(20(21)22)10-15(16)14(8-9-18)17(23)11-2-4-12(19)5-3-11;1-2/h2-7,10H,8-9,18-19H2,1H3;1-2H3. The van der Waals surface area contributed by atoms with Crippen molar-refractivity contribution in [2.24, 2.45) is 5.73 Å². The summed E-state index contributed by atoms with van der Waals surface area (Å²) >= 11 is -1.23. The first-order chi connectivity index (χ1) is 12.0. The Bertz CT molecular complexity index is 801. The maximum absolute atomic E-state index is 11.1. The van der Waals surface area contributed by atoms with Gasteiger partial charge in [-0.25, -0.2) is 0 Å². The Morgan fingerprint density at radius 3 is 2.32 bits per heavy atom. The summed E-state index contributed by atoms with van der Waals surface area (Å²) in [5, 5.41) is 11.1. The topological polar surface area (TPSA) is 95.2 Å².